The largest absolute Gasteiger partial charge is 0.373 e. The van der Waals surface area contributed by atoms with Crippen LogP contribution in [0.1, 0.15) is 36.7 Å². The highest BCUT2D eigenvalue weighted by Crippen LogP contribution is 2.33. The molecule has 2 aliphatic rings. The number of hydrogen-bond donors (Lipinski definition) is 0. The van der Waals surface area contributed by atoms with E-state index in [9.17, 15) is 13.2 Å². The van der Waals surface area contributed by atoms with Crippen LogP contribution in [-0.4, -0.2) is 50.0 Å². The number of para-hydroxylation sites is 1. The standard InChI is InChI=1S/C22H26N2O4S/c1-15-12-19-6-4-5-7-21(19)24(15)22(25)18-8-10-20(11-9-18)29(26,27)23-13-16(2)28-17(3)14-23/h4-11,15-17H,12-14H2,1-3H3/t15-,16+,17+/m0/s1. The van der Waals surface area contributed by atoms with Crippen molar-refractivity contribution in [3.8, 4) is 0 Å². The van der Waals surface area contributed by atoms with Crippen molar-refractivity contribution < 1.29 is 17.9 Å². The number of morpholine rings is 1. The minimum Gasteiger partial charge on any atom is -0.373 e. The fourth-order valence-electron chi connectivity index (χ4n) is 4.26. The summed E-state index contributed by atoms with van der Waals surface area (Å²) in [6.07, 6.45) is 0.527. The van der Waals surface area contributed by atoms with Crippen molar-refractivity contribution in [3.63, 3.8) is 0 Å². The van der Waals surface area contributed by atoms with Crippen molar-refractivity contribution in [2.45, 2.75) is 50.3 Å². The topological polar surface area (TPSA) is 66.9 Å². The molecular formula is C22H26N2O4S. The summed E-state index contributed by atoms with van der Waals surface area (Å²) in [7, 11) is -3.62. The van der Waals surface area contributed by atoms with E-state index in [0.717, 1.165) is 17.7 Å². The number of carbonyl (C=O) groups is 1. The van der Waals surface area contributed by atoms with Crippen molar-refractivity contribution in [2.24, 2.45) is 0 Å². The Morgan fingerprint density at radius 2 is 1.59 bits per heavy atom. The lowest BCUT2D eigenvalue weighted by Gasteiger charge is -2.34. The van der Waals surface area contributed by atoms with Crippen molar-refractivity contribution in [2.75, 3.05) is 18.0 Å². The zero-order valence-corrected chi connectivity index (χ0v) is 17.7. The summed E-state index contributed by atoms with van der Waals surface area (Å²) in [5.74, 6) is -0.111. The highest BCUT2D eigenvalue weighted by Gasteiger charge is 2.33. The van der Waals surface area contributed by atoms with Gasteiger partial charge in [0.15, 0.2) is 0 Å². The molecule has 3 atom stereocenters. The van der Waals surface area contributed by atoms with Gasteiger partial charge in [0, 0.05) is 30.4 Å². The van der Waals surface area contributed by atoms with E-state index in [1.807, 2.05) is 45.0 Å². The molecule has 0 N–H and O–H groups in total. The van der Waals surface area contributed by atoms with E-state index in [-0.39, 0.29) is 29.1 Å². The van der Waals surface area contributed by atoms with Crippen LogP contribution in [0.3, 0.4) is 0 Å². The Kier molecular flexibility index (Phi) is 5.23. The SMILES string of the molecule is C[C@@H]1CN(S(=O)(=O)c2ccc(C(=O)N3c4ccccc4C[C@@H]3C)cc2)C[C@@H](C)O1. The molecule has 0 spiro atoms. The fraction of sp³-hybridized carbons (Fsp3) is 0.409. The third kappa shape index (κ3) is 3.70. The molecule has 0 bridgehead atoms. The Morgan fingerprint density at radius 3 is 2.24 bits per heavy atom. The summed E-state index contributed by atoms with van der Waals surface area (Å²) in [4.78, 5) is 15.1. The molecule has 6 nitrogen and oxygen atoms in total. The average Bonchev–Trinajstić information content (AvgIpc) is 3.02. The summed E-state index contributed by atoms with van der Waals surface area (Å²) in [6, 6.07) is 14.2. The van der Waals surface area contributed by atoms with Crippen molar-refractivity contribution in [1.29, 1.82) is 0 Å². The smallest absolute Gasteiger partial charge is 0.258 e. The van der Waals surface area contributed by atoms with Crippen molar-refractivity contribution in [3.05, 3.63) is 59.7 Å². The average molecular weight is 415 g/mol. The normalized spacial score (nSPS) is 25.1. The molecule has 1 amide bonds. The lowest BCUT2D eigenvalue weighted by atomic mass is 10.1. The van der Waals surface area contributed by atoms with Gasteiger partial charge in [-0.3, -0.25) is 4.79 Å². The van der Waals surface area contributed by atoms with Gasteiger partial charge >= 0.3 is 0 Å². The number of ether oxygens (including phenoxy) is 1. The van der Waals surface area contributed by atoms with Gasteiger partial charge in [0.2, 0.25) is 10.0 Å². The Hall–Kier alpha value is -2.22. The van der Waals surface area contributed by atoms with Gasteiger partial charge in [-0.1, -0.05) is 18.2 Å². The van der Waals surface area contributed by atoms with Crippen LogP contribution >= 0.6 is 0 Å². The first-order valence-electron chi connectivity index (χ1n) is 9.94. The summed E-state index contributed by atoms with van der Waals surface area (Å²) >= 11 is 0. The Labute approximate surface area is 172 Å². The molecule has 0 aromatic heterocycles. The number of benzene rings is 2. The highest BCUT2D eigenvalue weighted by molar-refractivity contribution is 7.89. The first kappa shape index (κ1) is 20.1. The molecule has 29 heavy (non-hydrogen) atoms. The number of carbonyl (C=O) groups excluding carboxylic acids is 1. The van der Waals surface area contributed by atoms with E-state index in [1.165, 1.54) is 16.4 Å². The number of anilines is 1. The van der Waals surface area contributed by atoms with Gasteiger partial charge in [-0.25, -0.2) is 8.42 Å². The molecule has 2 aromatic rings. The van der Waals surface area contributed by atoms with Crippen LogP contribution in [0.25, 0.3) is 0 Å². The van der Waals surface area contributed by atoms with Gasteiger partial charge in [0.25, 0.3) is 5.91 Å². The minimum atomic E-state index is -3.62. The maximum absolute atomic E-state index is 13.1. The first-order chi connectivity index (χ1) is 13.8. The van der Waals surface area contributed by atoms with Crippen LogP contribution in [0.5, 0.6) is 0 Å². The Morgan fingerprint density at radius 1 is 0.966 bits per heavy atom. The zero-order valence-electron chi connectivity index (χ0n) is 16.9. The van der Waals surface area contributed by atoms with Gasteiger partial charge in [0.1, 0.15) is 0 Å². The second kappa shape index (κ2) is 7.55. The maximum Gasteiger partial charge on any atom is 0.258 e. The van der Waals surface area contributed by atoms with Gasteiger partial charge in [-0.05, 0) is 63.1 Å². The fourth-order valence-corrected chi connectivity index (χ4v) is 5.85. The molecule has 2 heterocycles. The van der Waals surface area contributed by atoms with E-state index < -0.39 is 10.0 Å². The molecule has 0 radical (unpaired) electrons. The molecule has 4 rings (SSSR count). The molecule has 7 heteroatoms. The molecule has 1 fully saturated rings. The third-order valence-corrected chi connectivity index (χ3v) is 7.40. The Bertz CT molecular complexity index is 1010. The molecule has 154 valence electrons. The third-order valence-electron chi connectivity index (χ3n) is 5.55. The van der Waals surface area contributed by atoms with Crippen LogP contribution in [-0.2, 0) is 21.2 Å². The molecule has 0 aliphatic carbocycles. The van der Waals surface area contributed by atoms with Crippen LogP contribution in [0.15, 0.2) is 53.4 Å². The molecule has 2 aliphatic heterocycles. The predicted octanol–water partition coefficient (Wildman–Crippen LogP) is 3.08. The number of rotatable bonds is 3. The minimum absolute atomic E-state index is 0.0691. The second-order valence-electron chi connectivity index (χ2n) is 7.96. The number of hydrogen-bond acceptors (Lipinski definition) is 4. The van der Waals surface area contributed by atoms with E-state index in [1.54, 1.807) is 17.0 Å². The van der Waals surface area contributed by atoms with Gasteiger partial charge in [-0.2, -0.15) is 4.31 Å². The zero-order chi connectivity index (χ0) is 20.8. The molecule has 0 unspecified atom stereocenters. The van der Waals surface area contributed by atoms with E-state index in [2.05, 4.69) is 0 Å². The van der Waals surface area contributed by atoms with Crippen LogP contribution < -0.4 is 4.90 Å². The summed E-state index contributed by atoms with van der Waals surface area (Å²) in [6.45, 7) is 6.42. The monoisotopic (exact) mass is 414 g/mol. The number of fused-ring (bicyclic) bond motifs is 1. The maximum atomic E-state index is 13.1. The number of sulfonamides is 1. The predicted molar refractivity (Wildman–Crippen MR) is 112 cm³/mol. The lowest BCUT2D eigenvalue weighted by molar-refractivity contribution is -0.0440. The van der Waals surface area contributed by atoms with Crippen LogP contribution in [0.2, 0.25) is 0 Å². The lowest BCUT2D eigenvalue weighted by Crippen LogP contribution is -2.48. The quantitative estimate of drug-likeness (QED) is 0.774. The van der Waals surface area contributed by atoms with Gasteiger partial charge in [-0.15, -0.1) is 0 Å². The van der Waals surface area contributed by atoms with Crippen molar-refractivity contribution in [1.82, 2.24) is 4.31 Å². The Balaban J connectivity index is 1.57. The van der Waals surface area contributed by atoms with Gasteiger partial charge < -0.3 is 9.64 Å². The second-order valence-corrected chi connectivity index (χ2v) is 9.90. The van der Waals surface area contributed by atoms with E-state index >= 15 is 0 Å². The summed E-state index contributed by atoms with van der Waals surface area (Å²) < 4.78 is 33.1. The van der Waals surface area contributed by atoms with E-state index in [4.69, 9.17) is 4.74 Å². The van der Waals surface area contributed by atoms with Crippen LogP contribution in [0.4, 0.5) is 5.69 Å². The molecule has 2 aromatic carbocycles. The summed E-state index contributed by atoms with van der Waals surface area (Å²) in [5, 5.41) is 0. The van der Waals surface area contributed by atoms with E-state index in [0.29, 0.717) is 18.7 Å². The van der Waals surface area contributed by atoms with Crippen LogP contribution in [0, 0.1) is 0 Å². The summed E-state index contributed by atoms with van der Waals surface area (Å²) in [5.41, 5.74) is 2.57. The number of nitrogens with zero attached hydrogens (tertiary/aromatic N) is 2. The molecular weight excluding hydrogens is 388 g/mol. The first-order valence-corrected chi connectivity index (χ1v) is 11.4. The van der Waals surface area contributed by atoms with Gasteiger partial charge in [0.05, 0.1) is 17.1 Å². The van der Waals surface area contributed by atoms with Crippen molar-refractivity contribution >= 4 is 21.6 Å². The molecule has 1 saturated heterocycles. The molecule has 0 saturated carbocycles. The number of amides is 1. The highest BCUT2D eigenvalue weighted by atomic mass is 32.2.